The molecule has 42 heavy (non-hydrogen) atoms. The number of likely N-dealkylation sites (tertiary alicyclic amines) is 2. The Morgan fingerprint density at radius 3 is 2.36 bits per heavy atom. The summed E-state index contributed by atoms with van der Waals surface area (Å²) < 4.78 is 54.3. The van der Waals surface area contributed by atoms with Gasteiger partial charge in [-0.25, -0.2) is 4.39 Å². The number of benzene rings is 2. The summed E-state index contributed by atoms with van der Waals surface area (Å²) in [5.74, 6) is -1.97. The van der Waals surface area contributed by atoms with Crippen molar-refractivity contribution in [1.82, 2.24) is 20.4 Å². The van der Waals surface area contributed by atoms with Gasteiger partial charge < -0.3 is 15.5 Å². The van der Waals surface area contributed by atoms with Gasteiger partial charge in [0, 0.05) is 43.3 Å². The van der Waals surface area contributed by atoms with Gasteiger partial charge in [-0.05, 0) is 68.0 Å². The van der Waals surface area contributed by atoms with E-state index >= 15 is 4.39 Å². The predicted molar refractivity (Wildman–Crippen MR) is 148 cm³/mol. The molecule has 2 heterocycles. The van der Waals surface area contributed by atoms with Gasteiger partial charge in [0.05, 0.1) is 17.7 Å². The van der Waals surface area contributed by atoms with Gasteiger partial charge in [0.1, 0.15) is 5.82 Å². The van der Waals surface area contributed by atoms with E-state index in [0.717, 1.165) is 68.7 Å². The molecule has 11 heteroatoms. The molecule has 7 nitrogen and oxygen atoms in total. The van der Waals surface area contributed by atoms with Crippen LogP contribution in [0.1, 0.15) is 83.2 Å². The molecule has 2 aliphatic heterocycles. The lowest BCUT2D eigenvalue weighted by atomic mass is 9.75. The number of nitrogens with one attached hydrogen (secondary N) is 2. The number of halogens is 4. The zero-order valence-electron chi connectivity index (χ0n) is 23.4. The summed E-state index contributed by atoms with van der Waals surface area (Å²) in [4.78, 5) is 41.8. The minimum Gasteiger partial charge on any atom is -0.350 e. The van der Waals surface area contributed by atoms with Crippen LogP contribution < -0.4 is 10.6 Å². The topological polar surface area (TPSA) is 81.8 Å². The van der Waals surface area contributed by atoms with Crippen molar-refractivity contribution in [3.8, 4) is 0 Å². The molecule has 0 radical (unpaired) electrons. The number of hydrogen-bond donors (Lipinski definition) is 2. The van der Waals surface area contributed by atoms with Crippen LogP contribution in [-0.2, 0) is 16.5 Å². The van der Waals surface area contributed by atoms with Crippen LogP contribution in [0.15, 0.2) is 42.5 Å². The van der Waals surface area contributed by atoms with Crippen LogP contribution in [0.4, 0.5) is 17.6 Å². The summed E-state index contributed by atoms with van der Waals surface area (Å²) in [5.41, 5.74) is -0.562. The first kappa shape index (κ1) is 30.0. The fourth-order valence-electron chi connectivity index (χ4n) is 6.64. The molecule has 2 aromatic carbocycles. The molecule has 0 aromatic heterocycles. The Morgan fingerprint density at radius 2 is 1.67 bits per heavy atom. The molecular formula is C31H36F4N4O3. The second kappa shape index (κ2) is 12.4. The van der Waals surface area contributed by atoms with Gasteiger partial charge in [-0.2, -0.15) is 13.2 Å². The summed E-state index contributed by atoms with van der Waals surface area (Å²) in [6, 6.07) is 8.87. The van der Waals surface area contributed by atoms with Gasteiger partial charge >= 0.3 is 6.18 Å². The van der Waals surface area contributed by atoms with Gasteiger partial charge in [0.2, 0.25) is 5.91 Å². The van der Waals surface area contributed by atoms with E-state index in [4.69, 9.17) is 0 Å². The number of carbonyl (C=O) groups excluding carboxylic acids is 3. The van der Waals surface area contributed by atoms with E-state index < -0.39 is 34.9 Å². The number of carbonyl (C=O) groups is 3. The highest BCUT2D eigenvalue weighted by molar-refractivity contribution is 5.96. The molecule has 2 aromatic rings. The van der Waals surface area contributed by atoms with Gasteiger partial charge in [-0.3, -0.25) is 19.3 Å². The van der Waals surface area contributed by atoms with Crippen molar-refractivity contribution in [2.24, 2.45) is 0 Å². The number of hydrogen-bond acceptors (Lipinski definition) is 4. The highest BCUT2D eigenvalue weighted by Gasteiger charge is 2.43. The Balaban J connectivity index is 1.21. The van der Waals surface area contributed by atoms with Crippen LogP contribution in [0.25, 0.3) is 0 Å². The predicted octanol–water partition coefficient (Wildman–Crippen LogP) is 4.86. The molecule has 2 saturated heterocycles. The molecule has 1 saturated carbocycles. The van der Waals surface area contributed by atoms with Crippen LogP contribution in [0.3, 0.4) is 0 Å². The SMILES string of the molecule is O=C(CNC(=O)c1cccc(C(F)(F)F)c1)N[C@@H]1CCN(C2(c3ccc(C(=O)N4CCCC4)c(F)c3)CCCCC2)C1. The number of amides is 3. The monoisotopic (exact) mass is 588 g/mol. The highest BCUT2D eigenvalue weighted by Crippen LogP contribution is 2.44. The number of nitrogens with zero attached hydrogens (tertiary/aromatic N) is 2. The van der Waals surface area contributed by atoms with Crippen molar-refractivity contribution < 1.29 is 31.9 Å². The zero-order valence-corrected chi connectivity index (χ0v) is 23.4. The quantitative estimate of drug-likeness (QED) is 0.453. The Kier molecular flexibility index (Phi) is 8.86. The minimum absolute atomic E-state index is 0.102. The molecule has 0 spiro atoms. The maximum Gasteiger partial charge on any atom is 0.416 e. The largest absolute Gasteiger partial charge is 0.416 e. The maximum absolute atomic E-state index is 15.4. The van der Waals surface area contributed by atoms with E-state index in [0.29, 0.717) is 32.6 Å². The first-order valence-electron chi connectivity index (χ1n) is 14.7. The second-order valence-corrected chi connectivity index (χ2v) is 11.5. The molecule has 3 fully saturated rings. The molecule has 226 valence electrons. The van der Waals surface area contributed by atoms with Crippen molar-refractivity contribution >= 4 is 17.7 Å². The Labute approximate surface area is 242 Å². The van der Waals surface area contributed by atoms with E-state index in [2.05, 4.69) is 15.5 Å². The van der Waals surface area contributed by atoms with Crippen molar-refractivity contribution in [3.05, 3.63) is 70.5 Å². The molecule has 2 N–H and O–H groups in total. The fraction of sp³-hybridized carbons (Fsp3) is 0.516. The summed E-state index contributed by atoms with van der Waals surface area (Å²) in [6.07, 6.45) is 2.73. The van der Waals surface area contributed by atoms with Gasteiger partial charge in [-0.15, -0.1) is 0 Å². The number of alkyl halides is 3. The smallest absolute Gasteiger partial charge is 0.350 e. The van der Waals surface area contributed by atoms with Crippen LogP contribution in [0.5, 0.6) is 0 Å². The average molecular weight is 589 g/mol. The molecule has 5 rings (SSSR count). The molecule has 3 amide bonds. The van der Waals surface area contributed by atoms with Crippen molar-refractivity contribution in [2.45, 2.75) is 69.1 Å². The molecular weight excluding hydrogens is 552 g/mol. The first-order chi connectivity index (χ1) is 20.1. The molecule has 1 aliphatic carbocycles. The third-order valence-corrected chi connectivity index (χ3v) is 8.83. The molecule has 1 atom stereocenters. The van der Waals surface area contributed by atoms with Crippen LogP contribution in [-0.4, -0.2) is 66.3 Å². The van der Waals surface area contributed by atoms with Crippen LogP contribution in [0.2, 0.25) is 0 Å². The third kappa shape index (κ3) is 6.45. The summed E-state index contributed by atoms with van der Waals surface area (Å²) in [5, 5.41) is 5.32. The van der Waals surface area contributed by atoms with Gasteiger partial charge in [-0.1, -0.05) is 31.4 Å². The fourth-order valence-corrected chi connectivity index (χ4v) is 6.64. The second-order valence-electron chi connectivity index (χ2n) is 11.5. The first-order valence-corrected chi connectivity index (χ1v) is 14.7. The standard InChI is InChI=1S/C31H36F4N4O3/c32-26-18-22(9-10-25(26)29(42)38-14-4-5-15-38)30(12-2-1-3-13-30)39-16-11-24(20-39)37-27(40)19-36-28(41)21-7-6-8-23(17-21)31(33,34)35/h6-10,17-18,24H,1-5,11-16,19-20H2,(H,36,41)(H,37,40)/t24-/m1/s1. The zero-order chi connectivity index (χ0) is 29.9. The summed E-state index contributed by atoms with van der Waals surface area (Å²) in [7, 11) is 0. The van der Waals surface area contributed by atoms with E-state index in [1.54, 1.807) is 11.0 Å². The third-order valence-electron chi connectivity index (χ3n) is 8.83. The van der Waals surface area contributed by atoms with E-state index in [-0.39, 0.29) is 29.6 Å². The van der Waals surface area contributed by atoms with Gasteiger partial charge in [0.15, 0.2) is 0 Å². The van der Waals surface area contributed by atoms with E-state index in [1.807, 2.05) is 6.07 Å². The Hall–Kier alpha value is -3.47. The summed E-state index contributed by atoms with van der Waals surface area (Å²) in [6.45, 7) is 2.18. The number of rotatable bonds is 7. The van der Waals surface area contributed by atoms with Crippen LogP contribution >= 0.6 is 0 Å². The maximum atomic E-state index is 15.4. The lowest BCUT2D eigenvalue weighted by Gasteiger charge is -2.45. The average Bonchev–Trinajstić information content (AvgIpc) is 3.69. The minimum atomic E-state index is -4.57. The molecule has 0 unspecified atom stereocenters. The lowest BCUT2D eigenvalue weighted by molar-refractivity contribution is -0.137. The normalized spacial score (nSPS) is 20.9. The lowest BCUT2D eigenvalue weighted by Crippen LogP contribution is -2.49. The van der Waals surface area contributed by atoms with E-state index in [1.165, 1.54) is 12.1 Å². The highest BCUT2D eigenvalue weighted by atomic mass is 19.4. The molecule has 3 aliphatic rings. The van der Waals surface area contributed by atoms with E-state index in [9.17, 15) is 27.6 Å². The molecule has 0 bridgehead atoms. The van der Waals surface area contributed by atoms with Crippen molar-refractivity contribution in [3.63, 3.8) is 0 Å². The summed E-state index contributed by atoms with van der Waals surface area (Å²) >= 11 is 0. The Morgan fingerprint density at radius 1 is 0.929 bits per heavy atom. The van der Waals surface area contributed by atoms with Crippen molar-refractivity contribution in [1.29, 1.82) is 0 Å². The Bertz CT molecular complexity index is 1320. The van der Waals surface area contributed by atoms with Crippen molar-refractivity contribution in [2.75, 3.05) is 32.7 Å². The van der Waals surface area contributed by atoms with Gasteiger partial charge in [0.25, 0.3) is 11.8 Å². The van der Waals surface area contributed by atoms with Crippen LogP contribution in [0, 0.1) is 5.82 Å².